The first-order valence-corrected chi connectivity index (χ1v) is 8.21. The fraction of sp³-hybridized carbons (Fsp3) is 0.400. The molecule has 0 heterocycles. The van der Waals surface area contributed by atoms with E-state index in [-0.39, 0.29) is 0 Å². The molecule has 2 aromatic carbocycles. The molecule has 0 saturated heterocycles. The summed E-state index contributed by atoms with van der Waals surface area (Å²) >= 11 is 0. The van der Waals surface area contributed by atoms with E-state index in [1.807, 2.05) is 12.1 Å². The monoisotopic (exact) mass is 296 g/mol. The molecule has 0 unspecified atom stereocenters. The van der Waals surface area contributed by atoms with Crippen molar-refractivity contribution in [3.8, 4) is 0 Å². The Labute approximate surface area is 133 Å². The van der Waals surface area contributed by atoms with Crippen LogP contribution < -0.4 is 0 Å². The Morgan fingerprint density at radius 3 is 1.59 bits per heavy atom. The van der Waals surface area contributed by atoms with Gasteiger partial charge in [0.2, 0.25) is 0 Å². The van der Waals surface area contributed by atoms with Crippen molar-refractivity contribution in [1.82, 2.24) is 0 Å². The number of hydrogen-bond donors (Lipinski definition) is 0. The second-order valence-corrected chi connectivity index (χ2v) is 6.00. The molecule has 0 bridgehead atoms. The third kappa shape index (κ3) is 4.69. The molecule has 0 aromatic heterocycles. The maximum Gasteiger partial charge on any atom is 0.0720 e. The standard InChI is InChI=1S/C20H24O2/c1-3-8-17(9-4-1)15-21-19-12-7-13-20(14-19)22-16-18-10-5-2-6-11-18/h1-6,8-11,19-20H,7,12-16H2/t19-,20+. The summed E-state index contributed by atoms with van der Waals surface area (Å²) in [7, 11) is 0. The molecule has 0 amide bonds. The lowest BCUT2D eigenvalue weighted by molar-refractivity contribution is -0.0555. The van der Waals surface area contributed by atoms with Gasteiger partial charge in [-0.2, -0.15) is 0 Å². The van der Waals surface area contributed by atoms with E-state index < -0.39 is 0 Å². The van der Waals surface area contributed by atoms with Gasteiger partial charge in [-0.25, -0.2) is 0 Å². The Kier molecular flexibility index (Phi) is 5.63. The molecule has 1 aliphatic rings. The van der Waals surface area contributed by atoms with Crippen molar-refractivity contribution in [3.63, 3.8) is 0 Å². The Balaban J connectivity index is 1.43. The summed E-state index contributed by atoms with van der Waals surface area (Å²) in [5, 5.41) is 0. The van der Waals surface area contributed by atoms with Crippen LogP contribution in [0.4, 0.5) is 0 Å². The Morgan fingerprint density at radius 2 is 1.14 bits per heavy atom. The van der Waals surface area contributed by atoms with Crippen LogP contribution in [-0.2, 0) is 22.7 Å². The summed E-state index contributed by atoms with van der Waals surface area (Å²) in [6, 6.07) is 20.8. The van der Waals surface area contributed by atoms with Gasteiger partial charge in [-0.3, -0.25) is 0 Å². The highest BCUT2D eigenvalue weighted by Crippen LogP contribution is 2.25. The van der Waals surface area contributed by atoms with Crippen LogP contribution in [0.2, 0.25) is 0 Å². The molecule has 3 rings (SSSR count). The lowest BCUT2D eigenvalue weighted by Gasteiger charge is -2.29. The van der Waals surface area contributed by atoms with Gasteiger partial charge in [0, 0.05) is 0 Å². The summed E-state index contributed by atoms with van der Waals surface area (Å²) in [4.78, 5) is 0. The van der Waals surface area contributed by atoms with Crippen LogP contribution in [0.1, 0.15) is 36.8 Å². The molecular formula is C20H24O2. The molecule has 0 N–H and O–H groups in total. The van der Waals surface area contributed by atoms with Gasteiger partial charge in [0.1, 0.15) is 0 Å². The average molecular weight is 296 g/mol. The van der Waals surface area contributed by atoms with Crippen molar-refractivity contribution in [2.75, 3.05) is 0 Å². The predicted molar refractivity (Wildman–Crippen MR) is 88.5 cm³/mol. The zero-order valence-electron chi connectivity index (χ0n) is 13.0. The molecule has 2 atom stereocenters. The number of rotatable bonds is 6. The predicted octanol–water partition coefficient (Wildman–Crippen LogP) is 4.73. The maximum absolute atomic E-state index is 6.07. The van der Waals surface area contributed by atoms with E-state index in [0.29, 0.717) is 25.4 Å². The molecule has 0 spiro atoms. The van der Waals surface area contributed by atoms with E-state index in [1.54, 1.807) is 0 Å². The van der Waals surface area contributed by atoms with Crippen molar-refractivity contribution >= 4 is 0 Å². The quantitative estimate of drug-likeness (QED) is 0.767. The SMILES string of the molecule is c1ccc(CO[C@@H]2CCC[C@H](OCc3ccccc3)C2)cc1. The van der Waals surface area contributed by atoms with Gasteiger partial charge in [0.15, 0.2) is 0 Å². The fourth-order valence-corrected chi connectivity index (χ4v) is 2.98. The van der Waals surface area contributed by atoms with Crippen LogP contribution in [-0.4, -0.2) is 12.2 Å². The van der Waals surface area contributed by atoms with Crippen molar-refractivity contribution in [2.45, 2.75) is 51.1 Å². The molecule has 1 fully saturated rings. The molecular weight excluding hydrogens is 272 g/mol. The fourth-order valence-electron chi connectivity index (χ4n) is 2.98. The minimum absolute atomic E-state index is 0.328. The summed E-state index contributed by atoms with van der Waals surface area (Å²) in [5.74, 6) is 0. The van der Waals surface area contributed by atoms with Crippen LogP contribution in [0.5, 0.6) is 0 Å². The van der Waals surface area contributed by atoms with Crippen LogP contribution in [0.3, 0.4) is 0 Å². The van der Waals surface area contributed by atoms with E-state index in [2.05, 4.69) is 48.5 Å². The summed E-state index contributed by atoms with van der Waals surface area (Å²) in [6.07, 6.45) is 5.17. The van der Waals surface area contributed by atoms with Gasteiger partial charge < -0.3 is 9.47 Å². The first kappa shape index (κ1) is 15.3. The van der Waals surface area contributed by atoms with Gasteiger partial charge in [0.05, 0.1) is 25.4 Å². The average Bonchev–Trinajstić information content (AvgIpc) is 2.60. The van der Waals surface area contributed by atoms with E-state index >= 15 is 0 Å². The Bertz CT molecular complexity index is 489. The summed E-state index contributed by atoms with van der Waals surface area (Å²) in [5.41, 5.74) is 2.49. The van der Waals surface area contributed by atoms with Crippen molar-refractivity contribution in [3.05, 3.63) is 71.8 Å². The molecule has 1 saturated carbocycles. The summed E-state index contributed by atoms with van der Waals surface area (Å²) < 4.78 is 12.1. The maximum atomic E-state index is 6.07. The lowest BCUT2D eigenvalue weighted by atomic mass is 9.95. The first-order valence-electron chi connectivity index (χ1n) is 8.21. The second kappa shape index (κ2) is 8.11. The third-order valence-corrected chi connectivity index (χ3v) is 4.24. The molecule has 2 aromatic rings. The van der Waals surface area contributed by atoms with Gasteiger partial charge in [0.25, 0.3) is 0 Å². The first-order chi connectivity index (χ1) is 10.9. The van der Waals surface area contributed by atoms with Gasteiger partial charge >= 0.3 is 0 Å². The highest BCUT2D eigenvalue weighted by Gasteiger charge is 2.23. The van der Waals surface area contributed by atoms with Crippen LogP contribution in [0.25, 0.3) is 0 Å². The Hall–Kier alpha value is -1.64. The number of hydrogen-bond acceptors (Lipinski definition) is 2. The smallest absolute Gasteiger partial charge is 0.0720 e. The van der Waals surface area contributed by atoms with Crippen LogP contribution in [0, 0.1) is 0 Å². The molecule has 0 aliphatic heterocycles. The molecule has 2 heteroatoms. The van der Waals surface area contributed by atoms with E-state index in [9.17, 15) is 0 Å². The van der Waals surface area contributed by atoms with Gasteiger partial charge in [-0.1, -0.05) is 60.7 Å². The zero-order chi connectivity index (χ0) is 15.0. The summed E-state index contributed by atoms with van der Waals surface area (Å²) in [6.45, 7) is 1.41. The molecule has 0 radical (unpaired) electrons. The van der Waals surface area contributed by atoms with Crippen molar-refractivity contribution in [1.29, 1.82) is 0 Å². The topological polar surface area (TPSA) is 18.5 Å². The molecule has 2 nitrogen and oxygen atoms in total. The van der Waals surface area contributed by atoms with E-state index in [4.69, 9.17) is 9.47 Å². The van der Waals surface area contributed by atoms with E-state index in [1.165, 1.54) is 17.5 Å². The minimum atomic E-state index is 0.328. The normalized spacial score (nSPS) is 21.6. The molecule has 22 heavy (non-hydrogen) atoms. The minimum Gasteiger partial charge on any atom is -0.373 e. The second-order valence-electron chi connectivity index (χ2n) is 6.00. The Morgan fingerprint density at radius 1 is 0.682 bits per heavy atom. The number of benzene rings is 2. The molecule has 1 aliphatic carbocycles. The number of ether oxygens (including phenoxy) is 2. The van der Waals surface area contributed by atoms with E-state index in [0.717, 1.165) is 19.3 Å². The van der Waals surface area contributed by atoms with Gasteiger partial charge in [-0.05, 0) is 36.8 Å². The van der Waals surface area contributed by atoms with Crippen molar-refractivity contribution < 1.29 is 9.47 Å². The van der Waals surface area contributed by atoms with Crippen LogP contribution >= 0.6 is 0 Å². The van der Waals surface area contributed by atoms with Crippen molar-refractivity contribution in [2.24, 2.45) is 0 Å². The third-order valence-electron chi connectivity index (χ3n) is 4.24. The lowest BCUT2D eigenvalue weighted by Crippen LogP contribution is -2.28. The molecule has 116 valence electrons. The highest BCUT2D eigenvalue weighted by molar-refractivity contribution is 5.14. The highest BCUT2D eigenvalue weighted by atomic mass is 16.5. The van der Waals surface area contributed by atoms with Gasteiger partial charge in [-0.15, -0.1) is 0 Å². The zero-order valence-corrected chi connectivity index (χ0v) is 13.0. The largest absolute Gasteiger partial charge is 0.373 e. The van der Waals surface area contributed by atoms with Crippen LogP contribution in [0.15, 0.2) is 60.7 Å².